The number of aryl methyl sites for hydroxylation is 2. The van der Waals surface area contributed by atoms with Gasteiger partial charge in [0.15, 0.2) is 0 Å². The van der Waals surface area contributed by atoms with Gasteiger partial charge in [0.2, 0.25) is 0 Å². The lowest BCUT2D eigenvalue weighted by Gasteiger charge is -2.14. The smallest absolute Gasteiger partial charge is 0.0441 e. The van der Waals surface area contributed by atoms with E-state index in [0.717, 1.165) is 23.4 Å². The van der Waals surface area contributed by atoms with Gasteiger partial charge in [-0.25, -0.2) is 0 Å². The molecule has 0 aromatic heterocycles. The molecule has 1 atom stereocenters. The molecule has 0 aliphatic carbocycles. The fourth-order valence-corrected chi connectivity index (χ4v) is 2.61. The Hall–Kier alpha value is -1.31. The van der Waals surface area contributed by atoms with Crippen LogP contribution in [0.5, 0.6) is 0 Å². The summed E-state index contributed by atoms with van der Waals surface area (Å²) in [6.45, 7) is 4.17. The van der Waals surface area contributed by atoms with Gasteiger partial charge in [-0.3, -0.25) is 0 Å². The number of hydrogen-bond donors (Lipinski definition) is 1. The molecule has 0 saturated heterocycles. The second kappa shape index (κ2) is 6.23. The maximum Gasteiger partial charge on any atom is 0.0441 e. The minimum Gasteiger partial charge on any atom is -0.327 e. The van der Waals surface area contributed by atoms with Gasteiger partial charge >= 0.3 is 0 Å². The third-order valence-corrected chi connectivity index (χ3v) is 3.79. The molecule has 1 unspecified atom stereocenters. The molecule has 0 amide bonds. The van der Waals surface area contributed by atoms with Crippen LogP contribution in [0.1, 0.15) is 22.3 Å². The summed E-state index contributed by atoms with van der Waals surface area (Å²) in [6, 6.07) is 14.7. The van der Waals surface area contributed by atoms with E-state index in [0.29, 0.717) is 0 Å². The summed E-state index contributed by atoms with van der Waals surface area (Å²) in [5.74, 6) is 0. The van der Waals surface area contributed by atoms with Crippen LogP contribution in [0.25, 0.3) is 0 Å². The van der Waals surface area contributed by atoms with Crippen LogP contribution in [0.4, 0.5) is 0 Å². The molecule has 0 saturated carbocycles. The van der Waals surface area contributed by atoms with Gasteiger partial charge < -0.3 is 5.73 Å². The van der Waals surface area contributed by atoms with Crippen LogP contribution >= 0.6 is 11.6 Å². The highest BCUT2D eigenvalue weighted by Crippen LogP contribution is 2.20. The lowest BCUT2D eigenvalue weighted by molar-refractivity contribution is 0.663. The Balaban J connectivity index is 2.05. The van der Waals surface area contributed by atoms with Crippen molar-refractivity contribution in [3.05, 3.63) is 69.7 Å². The van der Waals surface area contributed by atoms with Gasteiger partial charge in [0.25, 0.3) is 0 Å². The summed E-state index contributed by atoms with van der Waals surface area (Å²) < 4.78 is 0. The molecule has 100 valence electrons. The van der Waals surface area contributed by atoms with Gasteiger partial charge in [0.05, 0.1) is 0 Å². The third-order valence-electron chi connectivity index (χ3n) is 3.43. The molecular formula is C17H20ClN. The van der Waals surface area contributed by atoms with E-state index >= 15 is 0 Å². The van der Waals surface area contributed by atoms with Crippen LogP contribution in [0, 0.1) is 13.8 Å². The molecule has 19 heavy (non-hydrogen) atoms. The van der Waals surface area contributed by atoms with Crippen LogP contribution in [-0.4, -0.2) is 6.04 Å². The second-order valence-corrected chi connectivity index (χ2v) is 5.60. The zero-order chi connectivity index (χ0) is 13.8. The van der Waals surface area contributed by atoms with Crippen molar-refractivity contribution >= 4 is 11.6 Å². The largest absolute Gasteiger partial charge is 0.327 e. The summed E-state index contributed by atoms with van der Waals surface area (Å²) in [4.78, 5) is 0. The van der Waals surface area contributed by atoms with E-state index in [2.05, 4.69) is 43.3 Å². The molecule has 1 nitrogen and oxygen atoms in total. The Morgan fingerprint density at radius 2 is 1.68 bits per heavy atom. The fraction of sp³-hybridized carbons (Fsp3) is 0.294. The van der Waals surface area contributed by atoms with E-state index in [9.17, 15) is 0 Å². The van der Waals surface area contributed by atoms with Crippen molar-refractivity contribution in [2.24, 2.45) is 5.73 Å². The van der Waals surface area contributed by atoms with Crippen LogP contribution in [-0.2, 0) is 12.8 Å². The Morgan fingerprint density at radius 1 is 1.00 bits per heavy atom. The Labute approximate surface area is 120 Å². The minimum atomic E-state index is 0.0984. The maximum atomic E-state index is 6.25. The Bertz CT molecular complexity index is 563. The normalized spacial score (nSPS) is 12.4. The molecule has 2 N–H and O–H groups in total. The van der Waals surface area contributed by atoms with Crippen molar-refractivity contribution in [2.45, 2.75) is 32.7 Å². The molecule has 2 rings (SSSR count). The first-order valence-corrected chi connectivity index (χ1v) is 6.99. The molecule has 0 radical (unpaired) electrons. The fourth-order valence-electron chi connectivity index (χ4n) is 2.29. The number of hydrogen-bond acceptors (Lipinski definition) is 1. The quantitative estimate of drug-likeness (QED) is 0.893. The molecule has 2 aromatic rings. The molecular weight excluding hydrogens is 254 g/mol. The van der Waals surface area contributed by atoms with E-state index in [4.69, 9.17) is 17.3 Å². The van der Waals surface area contributed by atoms with Gasteiger partial charge in [-0.15, -0.1) is 0 Å². The molecule has 0 aliphatic heterocycles. The summed E-state index contributed by atoms with van der Waals surface area (Å²) in [5.41, 5.74) is 11.2. The number of rotatable bonds is 4. The Kier molecular flexibility index (Phi) is 4.62. The summed E-state index contributed by atoms with van der Waals surface area (Å²) in [7, 11) is 0. The van der Waals surface area contributed by atoms with E-state index < -0.39 is 0 Å². The van der Waals surface area contributed by atoms with Crippen molar-refractivity contribution in [2.75, 3.05) is 0 Å². The molecule has 0 fully saturated rings. The van der Waals surface area contributed by atoms with Gasteiger partial charge in [-0.2, -0.15) is 0 Å². The number of nitrogens with two attached hydrogens (primary N) is 1. The van der Waals surface area contributed by atoms with E-state index in [1.54, 1.807) is 0 Å². The Morgan fingerprint density at radius 3 is 2.37 bits per heavy atom. The molecule has 0 heterocycles. The van der Waals surface area contributed by atoms with Gasteiger partial charge in [-0.1, -0.05) is 48.0 Å². The van der Waals surface area contributed by atoms with Gasteiger partial charge in [0, 0.05) is 11.1 Å². The molecule has 2 aromatic carbocycles. The molecule has 0 bridgehead atoms. The number of benzene rings is 2. The van der Waals surface area contributed by atoms with Crippen molar-refractivity contribution in [3.8, 4) is 0 Å². The number of halogens is 1. The van der Waals surface area contributed by atoms with Gasteiger partial charge in [-0.05, 0) is 55.0 Å². The predicted molar refractivity (Wildman–Crippen MR) is 82.8 cm³/mol. The van der Waals surface area contributed by atoms with Crippen LogP contribution in [0.3, 0.4) is 0 Å². The van der Waals surface area contributed by atoms with Crippen molar-refractivity contribution in [1.29, 1.82) is 0 Å². The topological polar surface area (TPSA) is 26.0 Å². The van der Waals surface area contributed by atoms with Crippen LogP contribution < -0.4 is 5.73 Å². The van der Waals surface area contributed by atoms with E-state index in [-0.39, 0.29) is 6.04 Å². The monoisotopic (exact) mass is 273 g/mol. The average molecular weight is 274 g/mol. The van der Waals surface area contributed by atoms with Gasteiger partial charge in [0.1, 0.15) is 0 Å². The van der Waals surface area contributed by atoms with Crippen LogP contribution in [0.15, 0.2) is 42.5 Å². The first-order valence-electron chi connectivity index (χ1n) is 6.61. The minimum absolute atomic E-state index is 0.0984. The van der Waals surface area contributed by atoms with Crippen molar-refractivity contribution in [3.63, 3.8) is 0 Å². The lowest BCUT2D eigenvalue weighted by atomic mass is 9.96. The first-order chi connectivity index (χ1) is 9.06. The highest BCUT2D eigenvalue weighted by Gasteiger charge is 2.09. The van der Waals surface area contributed by atoms with Crippen LogP contribution in [0.2, 0.25) is 5.02 Å². The van der Waals surface area contributed by atoms with Crippen molar-refractivity contribution in [1.82, 2.24) is 0 Å². The lowest BCUT2D eigenvalue weighted by Crippen LogP contribution is -2.26. The third kappa shape index (κ3) is 3.82. The van der Waals surface area contributed by atoms with Crippen molar-refractivity contribution < 1.29 is 0 Å². The predicted octanol–water partition coefficient (Wildman–Crippen LogP) is 4.07. The second-order valence-electron chi connectivity index (χ2n) is 5.19. The highest BCUT2D eigenvalue weighted by atomic mass is 35.5. The standard InChI is InChI=1S/C17H20ClN/c1-12-7-8-15(17(18)9-12)11-16(19)10-14-6-4-3-5-13(14)2/h3-9,16H,10-11,19H2,1-2H3. The van der Waals surface area contributed by atoms with E-state index in [1.165, 1.54) is 16.7 Å². The summed E-state index contributed by atoms with van der Waals surface area (Å²) in [5, 5.41) is 0.820. The zero-order valence-electron chi connectivity index (χ0n) is 11.5. The SMILES string of the molecule is Cc1ccc(CC(N)Cc2ccccc2C)c(Cl)c1. The average Bonchev–Trinajstić information content (AvgIpc) is 2.36. The molecule has 2 heteroatoms. The summed E-state index contributed by atoms with van der Waals surface area (Å²) in [6.07, 6.45) is 1.70. The maximum absolute atomic E-state index is 6.25. The molecule has 0 spiro atoms. The zero-order valence-corrected chi connectivity index (χ0v) is 12.2. The first kappa shape index (κ1) is 14.1. The summed E-state index contributed by atoms with van der Waals surface area (Å²) >= 11 is 6.25. The molecule has 0 aliphatic rings. The van der Waals surface area contributed by atoms with E-state index in [1.807, 2.05) is 13.0 Å². The highest BCUT2D eigenvalue weighted by molar-refractivity contribution is 6.31.